The van der Waals surface area contributed by atoms with Crippen LogP contribution in [0.15, 0.2) is 35.5 Å². The third-order valence-corrected chi connectivity index (χ3v) is 8.26. The Morgan fingerprint density at radius 3 is 3.00 bits per heavy atom. The number of ether oxygens (including phenoxy) is 3. The van der Waals surface area contributed by atoms with Gasteiger partial charge in [-0.25, -0.2) is 4.79 Å². The van der Waals surface area contributed by atoms with Gasteiger partial charge in [-0.15, -0.1) is 0 Å². The lowest BCUT2D eigenvalue weighted by Gasteiger charge is -2.65. The van der Waals surface area contributed by atoms with Crippen molar-refractivity contribution in [2.24, 2.45) is 23.2 Å². The molecule has 4 fully saturated rings. The number of aliphatic hydroxyl groups is 2. The maximum absolute atomic E-state index is 12.2. The first-order valence-corrected chi connectivity index (χ1v) is 10.7. The molecular formula is C22H27NO6. The lowest BCUT2D eigenvalue weighted by atomic mass is 9.45. The molecule has 6 aliphatic rings. The Morgan fingerprint density at radius 2 is 2.24 bits per heavy atom. The van der Waals surface area contributed by atoms with Crippen LogP contribution in [0.1, 0.15) is 32.1 Å². The largest absolute Gasteiger partial charge is 0.513 e. The summed E-state index contributed by atoms with van der Waals surface area (Å²) >= 11 is 0. The first kappa shape index (κ1) is 17.8. The van der Waals surface area contributed by atoms with Crippen molar-refractivity contribution in [2.75, 3.05) is 20.2 Å². The quantitative estimate of drug-likeness (QED) is 0.703. The molecule has 7 nitrogen and oxygen atoms in total. The second-order valence-corrected chi connectivity index (χ2v) is 9.52. The lowest BCUT2D eigenvalue weighted by Crippen LogP contribution is -2.75. The Bertz CT molecular complexity index is 859. The van der Waals surface area contributed by atoms with Gasteiger partial charge in [0, 0.05) is 24.9 Å². The minimum absolute atomic E-state index is 0.0422. The van der Waals surface area contributed by atoms with E-state index in [0.29, 0.717) is 17.9 Å². The van der Waals surface area contributed by atoms with Crippen LogP contribution in [0, 0.1) is 23.2 Å². The lowest BCUT2D eigenvalue weighted by molar-refractivity contribution is -0.235. The summed E-state index contributed by atoms with van der Waals surface area (Å²) in [6.45, 7) is 1.94. The number of nitrogens with zero attached hydrogens (tertiary/aromatic N) is 1. The summed E-state index contributed by atoms with van der Waals surface area (Å²) in [5.41, 5.74) is -1.58. The molecule has 6 atom stereocenters. The number of piperidine rings is 1. The summed E-state index contributed by atoms with van der Waals surface area (Å²) in [7, 11) is 1.27. The van der Waals surface area contributed by atoms with Gasteiger partial charge in [-0.05, 0) is 56.2 Å². The Labute approximate surface area is 169 Å². The van der Waals surface area contributed by atoms with Crippen LogP contribution in [0.3, 0.4) is 0 Å². The number of aliphatic hydroxyl groups excluding tert-OH is 1. The van der Waals surface area contributed by atoms with Crippen LogP contribution >= 0.6 is 0 Å². The second-order valence-electron chi connectivity index (χ2n) is 9.52. The maximum atomic E-state index is 12.2. The molecule has 156 valence electrons. The maximum Gasteiger partial charge on any atom is 0.513 e. The molecule has 2 unspecified atom stereocenters. The van der Waals surface area contributed by atoms with E-state index in [1.165, 1.54) is 20.0 Å². The van der Waals surface area contributed by atoms with Crippen molar-refractivity contribution >= 4 is 6.16 Å². The van der Waals surface area contributed by atoms with Crippen LogP contribution < -0.4 is 0 Å². The van der Waals surface area contributed by atoms with Crippen molar-refractivity contribution in [2.45, 2.75) is 49.9 Å². The summed E-state index contributed by atoms with van der Waals surface area (Å²) < 4.78 is 16.3. The van der Waals surface area contributed by atoms with Crippen LogP contribution in [0.2, 0.25) is 0 Å². The van der Waals surface area contributed by atoms with E-state index in [1.54, 1.807) is 12.2 Å². The van der Waals surface area contributed by atoms with Crippen molar-refractivity contribution in [1.29, 1.82) is 0 Å². The molecular weight excluding hydrogens is 374 g/mol. The third kappa shape index (κ3) is 2.18. The average molecular weight is 401 g/mol. The van der Waals surface area contributed by atoms with Crippen LogP contribution in [-0.2, 0) is 14.2 Å². The zero-order valence-corrected chi connectivity index (χ0v) is 16.5. The summed E-state index contributed by atoms with van der Waals surface area (Å²) in [6, 6.07) is 0.0422. The third-order valence-electron chi connectivity index (χ3n) is 8.26. The molecule has 4 aliphatic carbocycles. The Morgan fingerprint density at radius 1 is 1.41 bits per heavy atom. The van der Waals surface area contributed by atoms with Gasteiger partial charge in [0.25, 0.3) is 0 Å². The van der Waals surface area contributed by atoms with Gasteiger partial charge >= 0.3 is 6.16 Å². The van der Waals surface area contributed by atoms with Gasteiger partial charge in [0.2, 0.25) is 0 Å². The summed E-state index contributed by atoms with van der Waals surface area (Å²) in [5.74, 6) is 1.91. The number of carbonyl (C=O) groups is 1. The Hall–Kier alpha value is -1.99. The van der Waals surface area contributed by atoms with Gasteiger partial charge in [-0.1, -0.05) is 6.08 Å². The van der Waals surface area contributed by atoms with Gasteiger partial charge in [0.15, 0.2) is 11.9 Å². The number of carbonyl (C=O) groups excluding carboxylic acids is 1. The molecule has 0 aromatic carbocycles. The van der Waals surface area contributed by atoms with Gasteiger partial charge in [0.05, 0.1) is 18.1 Å². The van der Waals surface area contributed by atoms with Crippen LogP contribution in [0.4, 0.5) is 4.79 Å². The zero-order chi connectivity index (χ0) is 20.0. The number of hydrogen-bond donors (Lipinski definition) is 2. The fourth-order valence-electron chi connectivity index (χ4n) is 6.89. The standard InChI is InChI=1S/C22H27NO6/c1-27-20(25)28-15-5-4-13-10-16-22(26)7-6-14(24)19-21(22,17(13)18(15)29-19)8-9-23(16)11-12-2-3-12/h4-6,12-13,16-17,19,24,26H,2-3,7-11H2,1H3/t13?,16-,17?,19+,21+,22-/m1/s1. The van der Waals surface area contributed by atoms with E-state index in [-0.39, 0.29) is 23.6 Å². The van der Waals surface area contributed by atoms with Crippen LogP contribution in [-0.4, -0.2) is 59.2 Å². The van der Waals surface area contributed by atoms with Crippen LogP contribution in [0.5, 0.6) is 0 Å². The van der Waals surface area contributed by atoms with Crippen LogP contribution in [0.25, 0.3) is 0 Å². The van der Waals surface area contributed by atoms with Gasteiger partial charge in [0.1, 0.15) is 11.5 Å². The van der Waals surface area contributed by atoms with E-state index in [9.17, 15) is 15.0 Å². The van der Waals surface area contributed by atoms with E-state index in [0.717, 1.165) is 31.8 Å². The van der Waals surface area contributed by atoms with Gasteiger partial charge in [-0.3, -0.25) is 4.90 Å². The van der Waals surface area contributed by atoms with Crippen molar-refractivity contribution in [3.05, 3.63) is 35.5 Å². The minimum atomic E-state index is -0.971. The number of hydrogen-bond acceptors (Lipinski definition) is 7. The molecule has 2 heterocycles. The van der Waals surface area contributed by atoms with Gasteiger partial charge < -0.3 is 24.4 Å². The molecule has 1 spiro atoms. The predicted octanol–water partition coefficient (Wildman–Crippen LogP) is 2.63. The first-order valence-electron chi connectivity index (χ1n) is 10.7. The number of methoxy groups -OCH3 is 1. The highest BCUT2D eigenvalue weighted by Crippen LogP contribution is 2.69. The van der Waals surface area contributed by atoms with Crippen molar-refractivity contribution < 1.29 is 29.2 Å². The molecule has 2 N–H and O–H groups in total. The van der Waals surface area contributed by atoms with E-state index in [4.69, 9.17) is 9.47 Å². The number of rotatable bonds is 3. The average Bonchev–Trinajstić information content (AvgIpc) is 3.45. The molecule has 0 radical (unpaired) electrons. The highest BCUT2D eigenvalue weighted by atomic mass is 16.7. The molecule has 2 saturated heterocycles. The molecule has 0 aromatic rings. The Balaban J connectivity index is 1.46. The SMILES string of the molecule is COC(=O)OC1=C2O[C@H]3C(O)=CC[C@@]4(O)[C@H]5CC(C=C1)C2[C@@]34CCN5CC1CC1. The fraction of sp³-hybridized carbons (Fsp3) is 0.682. The van der Waals surface area contributed by atoms with Crippen molar-refractivity contribution in [3.63, 3.8) is 0 Å². The smallest absolute Gasteiger partial charge is 0.509 e. The molecule has 0 amide bonds. The topological polar surface area (TPSA) is 88.5 Å². The molecule has 6 rings (SSSR count). The number of likely N-dealkylation sites (tertiary alicyclic amines) is 1. The molecule has 2 bridgehead atoms. The Kier molecular flexibility index (Phi) is 3.56. The molecule has 2 saturated carbocycles. The van der Waals surface area contributed by atoms with Crippen molar-refractivity contribution in [1.82, 2.24) is 4.90 Å². The summed E-state index contributed by atoms with van der Waals surface area (Å²) in [5, 5.41) is 22.9. The highest BCUT2D eigenvalue weighted by Gasteiger charge is 2.76. The minimum Gasteiger partial charge on any atom is -0.509 e. The molecule has 29 heavy (non-hydrogen) atoms. The number of allylic oxidation sites excluding steroid dienone is 3. The van der Waals surface area contributed by atoms with E-state index >= 15 is 0 Å². The predicted molar refractivity (Wildman–Crippen MR) is 102 cm³/mol. The molecule has 2 aliphatic heterocycles. The highest BCUT2D eigenvalue weighted by molar-refractivity contribution is 5.62. The van der Waals surface area contributed by atoms with E-state index in [2.05, 4.69) is 15.7 Å². The van der Waals surface area contributed by atoms with Crippen molar-refractivity contribution in [3.8, 4) is 0 Å². The molecule has 0 aromatic heterocycles. The summed E-state index contributed by atoms with van der Waals surface area (Å²) in [6.07, 6.45) is 8.78. The van der Waals surface area contributed by atoms with Gasteiger partial charge in [-0.2, -0.15) is 0 Å². The van der Waals surface area contributed by atoms with E-state index < -0.39 is 23.3 Å². The van der Waals surface area contributed by atoms with E-state index in [1.807, 2.05) is 0 Å². The normalized spacial score (nSPS) is 44.7. The fourth-order valence-corrected chi connectivity index (χ4v) is 6.89. The second kappa shape index (κ2) is 5.79. The monoisotopic (exact) mass is 401 g/mol. The molecule has 7 heteroatoms. The summed E-state index contributed by atoms with van der Waals surface area (Å²) in [4.78, 5) is 14.2. The first-order chi connectivity index (χ1) is 14.0. The zero-order valence-electron chi connectivity index (χ0n) is 16.5.